The van der Waals surface area contributed by atoms with E-state index in [4.69, 9.17) is 0 Å². The molecule has 0 fully saturated rings. The number of H-pyrrole nitrogens is 1. The fourth-order valence-electron chi connectivity index (χ4n) is 1.17. The van der Waals surface area contributed by atoms with Crippen molar-refractivity contribution in [2.75, 3.05) is 0 Å². The topological polar surface area (TPSA) is 27.8 Å². The van der Waals surface area contributed by atoms with Crippen LogP contribution in [0.1, 0.15) is 5.56 Å². The van der Waals surface area contributed by atoms with Crippen molar-refractivity contribution in [3.05, 3.63) is 54.2 Å². The third-order valence-electron chi connectivity index (χ3n) is 1.87. The summed E-state index contributed by atoms with van der Waals surface area (Å²) in [6.07, 6.45) is 1.92. The van der Waals surface area contributed by atoms with E-state index >= 15 is 0 Å². The van der Waals surface area contributed by atoms with Gasteiger partial charge in [0.05, 0.1) is 5.03 Å². The Morgan fingerprint density at radius 1 is 1.07 bits per heavy atom. The Bertz CT molecular complexity index is 356. The highest BCUT2D eigenvalue weighted by Gasteiger charge is 1.93. The van der Waals surface area contributed by atoms with Gasteiger partial charge in [0, 0.05) is 12.7 Å². The zero-order valence-corrected chi connectivity index (χ0v) is 8.55. The molecule has 2 nitrogen and oxygen atoms in total. The molecule has 0 aliphatic heterocycles. The maximum absolute atomic E-state index is 3.29. The SMILES string of the molecule is c1ccc(CNSc2ccc[nH]2)cc1. The number of hydrogen-bond acceptors (Lipinski definition) is 2. The lowest BCUT2D eigenvalue weighted by atomic mass is 10.2. The Morgan fingerprint density at radius 3 is 2.64 bits per heavy atom. The van der Waals surface area contributed by atoms with E-state index in [0.29, 0.717) is 0 Å². The van der Waals surface area contributed by atoms with Gasteiger partial charge in [-0.05, 0) is 29.6 Å². The number of nitrogens with one attached hydrogen (secondary N) is 2. The Labute approximate surface area is 87.9 Å². The molecule has 3 heteroatoms. The maximum atomic E-state index is 3.29. The monoisotopic (exact) mass is 204 g/mol. The number of rotatable bonds is 4. The summed E-state index contributed by atoms with van der Waals surface area (Å²) in [7, 11) is 0. The molecule has 1 heterocycles. The van der Waals surface area contributed by atoms with Crippen molar-refractivity contribution < 1.29 is 0 Å². The van der Waals surface area contributed by atoms with Crippen molar-refractivity contribution in [2.45, 2.75) is 11.6 Å². The summed E-state index contributed by atoms with van der Waals surface area (Å²) in [6, 6.07) is 14.4. The summed E-state index contributed by atoms with van der Waals surface area (Å²) in [6.45, 7) is 0.879. The fraction of sp³-hybridized carbons (Fsp3) is 0.0909. The van der Waals surface area contributed by atoms with Crippen molar-refractivity contribution >= 4 is 11.9 Å². The average molecular weight is 204 g/mol. The quantitative estimate of drug-likeness (QED) is 0.749. The second-order valence-corrected chi connectivity index (χ2v) is 3.88. The fourth-order valence-corrected chi connectivity index (χ4v) is 1.84. The van der Waals surface area contributed by atoms with Crippen molar-refractivity contribution in [3.63, 3.8) is 0 Å². The third kappa shape index (κ3) is 2.65. The largest absolute Gasteiger partial charge is 0.355 e. The van der Waals surface area contributed by atoms with Crippen LogP contribution in [-0.4, -0.2) is 4.98 Å². The van der Waals surface area contributed by atoms with Crippen LogP contribution in [0, 0.1) is 0 Å². The summed E-state index contributed by atoms with van der Waals surface area (Å²) in [5.41, 5.74) is 1.30. The Morgan fingerprint density at radius 2 is 1.93 bits per heavy atom. The van der Waals surface area contributed by atoms with Crippen molar-refractivity contribution in [2.24, 2.45) is 0 Å². The van der Waals surface area contributed by atoms with Crippen LogP contribution in [0.2, 0.25) is 0 Å². The molecule has 0 saturated heterocycles. The Balaban J connectivity index is 1.79. The lowest BCUT2D eigenvalue weighted by Crippen LogP contribution is -2.02. The minimum absolute atomic E-state index is 0.879. The third-order valence-corrected chi connectivity index (χ3v) is 2.63. The predicted octanol–water partition coefficient (Wildman–Crippen LogP) is 2.81. The molecule has 0 aliphatic carbocycles. The van der Waals surface area contributed by atoms with E-state index in [1.54, 1.807) is 11.9 Å². The number of hydrogen-bond donors (Lipinski definition) is 2. The van der Waals surface area contributed by atoms with Crippen molar-refractivity contribution in [1.29, 1.82) is 0 Å². The van der Waals surface area contributed by atoms with Gasteiger partial charge in [-0.15, -0.1) is 0 Å². The standard InChI is InChI=1S/C11H12N2S/c1-2-5-10(6-3-1)9-13-14-11-7-4-8-12-11/h1-8,12-13H,9H2. The van der Waals surface area contributed by atoms with Gasteiger partial charge >= 0.3 is 0 Å². The van der Waals surface area contributed by atoms with Crippen LogP contribution in [0.3, 0.4) is 0 Å². The van der Waals surface area contributed by atoms with Gasteiger partial charge in [0.25, 0.3) is 0 Å². The minimum atomic E-state index is 0.879. The normalized spacial score (nSPS) is 10.3. The maximum Gasteiger partial charge on any atom is 0.0874 e. The molecule has 0 unspecified atom stereocenters. The zero-order chi connectivity index (χ0) is 9.64. The van der Waals surface area contributed by atoms with Crippen LogP contribution in [-0.2, 0) is 6.54 Å². The first-order chi connectivity index (χ1) is 6.95. The minimum Gasteiger partial charge on any atom is -0.355 e. The molecule has 72 valence electrons. The highest BCUT2D eigenvalue weighted by molar-refractivity contribution is 7.97. The second kappa shape index (κ2) is 4.88. The van der Waals surface area contributed by atoms with Gasteiger partial charge in [0.2, 0.25) is 0 Å². The summed E-state index contributed by atoms with van der Waals surface area (Å²) in [4.78, 5) is 3.12. The first-order valence-corrected chi connectivity index (χ1v) is 5.34. The van der Waals surface area contributed by atoms with E-state index in [1.807, 2.05) is 24.4 Å². The zero-order valence-electron chi connectivity index (χ0n) is 7.73. The van der Waals surface area contributed by atoms with Crippen LogP contribution in [0.5, 0.6) is 0 Å². The number of benzene rings is 1. The van der Waals surface area contributed by atoms with Crippen molar-refractivity contribution in [1.82, 2.24) is 9.71 Å². The van der Waals surface area contributed by atoms with Crippen molar-refractivity contribution in [3.8, 4) is 0 Å². The van der Waals surface area contributed by atoms with Gasteiger partial charge in [0.1, 0.15) is 0 Å². The molecule has 2 aromatic rings. The summed E-state index contributed by atoms with van der Waals surface area (Å²) >= 11 is 1.62. The first-order valence-electron chi connectivity index (χ1n) is 4.52. The molecule has 1 aromatic carbocycles. The molecular formula is C11H12N2S. The van der Waals surface area contributed by atoms with Crippen LogP contribution in [0.4, 0.5) is 0 Å². The van der Waals surface area contributed by atoms with E-state index in [-0.39, 0.29) is 0 Å². The summed E-state index contributed by atoms with van der Waals surface area (Å²) in [5.74, 6) is 0. The summed E-state index contributed by atoms with van der Waals surface area (Å²) < 4.78 is 3.29. The molecule has 2 rings (SSSR count). The predicted molar refractivity (Wildman–Crippen MR) is 59.9 cm³/mol. The van der Waals surface area contributed by atoms with Gasteiger partial charge in [-0.3, -0.25) is 4.72 Å². The number of aromatic amines is 1. The smallest absolute Gasteiger partial charge is 0.0874 e. The average Bonchev–Trinajstić information content (AvgIpc) is 2.72. The van der Waals surface area contributed by atoms with Gasteiger partial charge in [-0.1, -0.05) is 30.3 Å². The molecule has 0 bridgehead atoms. The molecule has 0 atom stereocenters. The van der Waals surface area contributed by atoms with E-state index in [2.05, 4.69) is 34.0 Å². The molecule has 0 aliphatic rings. The molecule has 0 radical (unpaired) electrons. The highest BCUT2D eigenvalue weighted by atomic mass is 32.2. The van der Waals surface area contributed by atoms with E-state index in [1.165, 1.54) is 5.56 Å². The highest BCUT2D eigenvalue weighted by Crippen LogP contribution is 2.11. The van der Waals surface area contributed by atoms with E-state index < -0.39 is 0 Å². The van der Waals surface area contributed by atoms with Gasteiger partial charge in [-0.2, -0.15) is 0 Å². The van der Waals surface area contributed by atoms with Crippen LogP contribution in [0.15, 0.2) is 53.7 Å². The summed E-state index contributed by atoms with van der Waals surface area (Å²) in [5, 5.41) is 1.14. The van der Waals surface area contributed by atoms with E-state index in [0.717, 1.165) is 11.6 Å². The lowest BCUT2D eigenvalue weighted by Gasteiger charge is -2.01. The van der Waals surface area contributed by atoms with Gasteiger partial charge in [-0.25, -0.2) is 0 Å². The number of aromatic nitrogens is 1. The van der Waals surface area contributed by atoms with Crippen LogP contribution < -0.4 is 4.72 Å². The van der Waals surface area contributed by atoms with Crippen LogP contribution in [0.25, 0.3) is 0 Å². The molecule has 1 aromatic heterocycles. The molecule has 0 amide bonds. The van der Waals surface area contributed by atoms with Gasteiger partial charge < -0.3 is 4.98 Å². The molecule has 14 heavy (non-hydrogen) atoms. The Kier molecular flexibility index (Phi) is 3.27. The first kappa shape index (κ1) is 9.37. The molecule has 0 saturated carbocycles. The van der Waals surface area contributed by atoms with E-state index in [9.17, 15) is 0 Å². The molecule has 0 spiro atoms. The molecule has 2 N–H and O–H groups in total. The Hall–Kier alpha value is -1.19. The van der Waals surface area contributed by atoms with Gasteiger partial charge in [0.15, 0.2) is 0 Å². The second-order valence-electron chi connectivity index (χ2n) is 2.94. The van der Waals surface area contributed by atoms with Crippen LogP contribution >= 0.6 is 11.9 Å². The molecular weight excluding hydrogens is 192 g/mol. The lowest BCUT2D eigenvalue weighted by molar-refractivity contribution is 0.970.